The molecule has 78 valence electrons. The van der Waals surface area contributed by atoms with Crippen LogP contribution in [0.3, 0.4) is 0 Å². The SMILES string of the molecule is CCOc1ccc(CSCCN)cc1. The molecule has 0 bridgehead atoms. The number of thioether (sulfide) groups is 1. The lowest BCUT2D eigenvalue weighted by molar-refractivity contribution is 0.340. The molecule has 2 nitrogen and oxygen atoms in total. The van der Waals surface area contributed by atoms with Crippen molar-refractivity contribution in [1.82, 2.24) is 0 Å². The van der Waals surface area contributed by atoms with Crippen molar-refractivity contribution in [3.63, 3.8) is 0 Å². The molecule has 0 unspecified atom stereocenters. The summed E-state index contributed by atoms with van der Waals surface area (Å²) in [5.41, 5.74) is 6.74. The Morgan fingerprint density at radius 1 is 1.29 bits per heavy atom. The molecule has 3 heteroatoms. The highest BCUT2D eigenvalue weighted by molar-refractivity contribution is 7.98. The first kappa shape index (κ1) is 11.4. The molecule has 0 spiro atoms. The van der Waals surface area contributed by atoms with Crippen molar-refractivity contribution in [3.8, 4) is 5.75 Å². The predicted molar refractivity (Wildman–Crippen MR) is 62.8 cm³/mol. The van der Waals surface area contributed by atoms with Gasteiger partial charge in [0.25, 0.3) is 0 Å². The molecule has 0 saturated carbocycles. The van der Waals surface area contributed by atoms with Gasteiger partial charge in [-0.05, 0) is 24.6 Å². The van der Waals surface area contributed by atoms with Crippen LogP contribution in [0.15, 0.2) is 24.3 Å². The lowest BCUT2D eigenvalue weighted by atomic mass is 10.2. The van der Waals surface area contributed by atoms with Crippen LogP contribution in [-0.4, -0.2) is 18.9 Å². The van der Waals surface area contributed by atoms with Crippen LogP contribution < -0.4 is 10.5 Å². The summed E-state index contributed by atoms with van der Waals surface area (Å²) in [7, 11) is 0. The molecule has 0 aliphatic rings. The molecule has 1 rings (SSSR count). The van der Waals surface area contributed by atoms with E-state index in [4.69, 9.17) is 10.5 Å². The number of benzene rings is 1. The van der Waals surface area contributed by atoms with E-state index in [-0.39, 0.29) is 0 Å². The maximum atomic E-state index is 5.42. The Balaban J connectivity index is 2.38. The van der Waals surface area contributed by atoms with Crippen LogP contribution in [0.4, 0.5) is 0 Å². The minimum atomic E-state index is 0.723. The standard InChI is InChI=1S/C11H17NOS/c1-2-13-11-5-3-10(4-6-11)9-14-8-7-12/h3-6H,2,7-9,12H2,1H3. The van der Waals surface area contributed by atoms with E-state index in [1.807, 2.05) is 30.8 Å². The number of hydrogen-bond donors (Lipinski definition) is 1. The molecule has 0 aliphatic carbocycles. The molecule has 0 aromatic heterocycles. The first-order chi connectivity index (χ1) is 6.86. The van der Waals surface area contributed by atoms with Gasteiger partial charge in [-0.15, -0.1) is 0 Å². The van der Waals surface area contributed by atoms with Crippen molar-refractivity contribution < 1.29 is 4.74 Å². The lowest BCUT2D eigenvalue weighted by Gasteiger charge is -2.04. The first-order valence-electron chi connectivity index (χ1n) is 4.86. The van der Waals surface area contributed by atoms with Gasteiger partial charge >= 0.3 is 0 Å². The highest BCUT2D eigenvalue weighted by Gasteiger charge is 1.94. The fraction of sp³-hybridized carbons (Fsp3) is 0.455. The highest BCUT2D eigenvalue weighted by atomic mass is 32.2. The summed E-state index contributed by atoms with van der Waals surface area (Å²) in [4.78, 5) is 0. The van der Waals surface area contributed by atoms with E-state index >= 15 is 0 Å². The van der Waals surface area contributed by atoms with Crippen LogP contribution >= 0.6 is 11.8 Å². The lowest BCUT2D eigenvalue weighted by Crippen LogP contribution is -2.01. The molecular formula is C11H17NOS. The van der Waals surface area contributed by atoms with Crippen LogP contribution in [-0.2, 0) is 5.75 Å². The molecule has 0 amide bonds. The summed E-state index contributed by atoms with van der Waals surface area (Å²) >= 11 is 1.86. The largest absolute Gasteiger partial charge is 0.494 e. The summed E-state index contributed by atoms with van der Waals surface area (Å²) < 4.78 is 5.36. The second-order valence-corrected chi connectivity index (χ2v) is 4.02. The monoisotopic (exact) mass is 211 g/mol. The van der Waals surface area contributed by atoms with Crippen molar-refractivity contribution in [2.75, 3.05) is 18.9 Å². The molecule has 0 fully saturated rings. The Morgan fingerprint density at radius 3 is 2.57 bits per heavy atom. The number of ether oxygens (including phenoxy) is 1. The molecule has 1 aromatic carbocycles. The molecule has 0 heterocycles. The van der Waals surface area contributed by atoms with Gasteiger partial charge in [0.15, 0.2) is 0 Å². The molecule has 14 heavy (non-hydrogen) atoms. The van der Waals surface area contributed by atoms with E-state index in [1.54, 1.807) is 0 Å². The van der Waals surface area contributed by atoms with Gasteiger partial charge in [0.2, 0.25) is 0 Å². The zero-order valence-electron chi connectivity index (χ0n) is 8.53. The third kappa shape index (κ3) is 4.03. The Labute approximate surface area is 89.8 Å². The Hall–Kier alpha value is -0.670. The van der Waals surface area contributed by atoms with Gasteiger partial charge in [0, 0.05) is 18.1 Å². The number of hydrogen-bond acceptors (Lipinski definition) is 3. The van der Waals surface area contributed by atoms with E-state index in [0.29, 0.717) is 0 Å². The van der Waals surface area contributed by atoms with E-state index in [9.17, 15) is 0 Å². The third-order valence-electron chi connectivity index (χ3n) is 1.77. The van der Waals surface area contributed by atoms with Gasteiger partial charge in [-0.3, -0.25) is 0 Å². The van der Waals surface area contributed by atoms with E-state index < -0.39 is 0 Å². The van der Waals surface area contributed by atoms with E-state index in [0.717, 1.165) is 30.4 Å². The smallest absolute Gasteiger partial charge is 0.119 e. The molecule has 1 aromatic rings. The zero-order chi connectivity index (χ0) is 10.2. The molecule has 0 saturated heterocycles. The maximum absolute atomic E-state index is 5.42. The van der Waals surface area contributed by atoms with Crippen molar-refractivity contribution in [2.45, 2.75) is 12.7 Å². The summed E-state index contributed by atoms with van der Waals surface area (Å²) in [5, 5.41) is 0. The zero-order valence-corrected chi connectivity index (χ0v) is 9.35. The van der Waals surface area contributed by atoms with Crippen molar-refractivity contribution >= 4 is 11.8 Å². The number of rotatable bonds is 6. The average molecular weight is 211 g/mol. The van der Waals surface area contributed by atoms with Gasteiger partial charge in [-0.25, -0.2) is 0 Å². The average Bonchev–Trinajstić information content (AvgIpc) is 2.21. The topological polar surface area (TPSA) is 35.2 Å². The summed E-state index contributed by atoms with van der Waals surface area (Å²) in [6.45, 7) is 3.47. The van der Waals surface area contributed by atoms with Gasteiger partial charge in [-0.1, -0.05) is 12.1 Å². The van der Waals surface area contributed by atoms with Crippen LogP contribution in [0, 0.1) is 0 Å². The molecule has 0 atom stereocenters. The first-order valence-corrected chi connectivity index (χ1v) is 6.02. The number of nitrogens with two attached hydrogens (primary N) is 1. The fourth-order valence-corrected chi connectivity index (χ4v) is 1.86. The van der Waals surface area contributed by atoms with E-state index in [2.05, 4.69) is 12.1 Å². The third-order valence-corrected chi connectivity index (χ3v) is 2.83. The van der Waals surface area contributed by atoms with Gasteiger partial charge in [0.1, 0.15) is 5.75 Å². The summed E-state index contributed by atoms with van der Waals surface area (Å²) in [6, 6.07) is 8.24. The molecule has 0 aliphatic heterocycles. The predicted octanol–water partition coefficient (Wildman–Crippen LogP) is 2.28. The summed E-state index contributed by atoms with van der Waals surface area (Å²) in [5.74, 6) is 3.00. The second kappa shape index (κ2) is 6.74. The van der Waals surface area contributed by atoms with Gasteiger partial charge in [-0.2, -0.15) is 11.8 Å². The van der Waals surface area contributed by atoms with Crippen molar-refractivity contribution in [1.29, 1.82) is 0 Å². The quantitative estimate of drug-likeness (QED) is 0.733. The molecule has 0 radical (unpaired) electrons. The van der Waals surface area contributed by atoms with Crippen LogP contribution in [0.25, 0.3) is 0 Å². The van der Waals surface area contributed by atoms with Crippen LogP contribution in [0.5, 0.6) is 5.75 Å². The fourth-order valence-electron chi connectivity index (χ4n) is 1.12. The summed E-state index contributed by atoms with van der Waals surface area (Å²) in [6.07, 6.45) is 0. The minimum Gasteiger partial charge on any atom is -0.494 e. The Morgan fingerprint density at radius 2 is 2.00 bits per heavy atom. The van der Waals surface area contributed by atoms with Crippen LogP contribution in [0.1, 0.15) is 12.5 Å². The highest BCUT2D eigenvalue weighted by Crippen LogP contribution is 2.16. The van der Waals surface area contributed by atoms with Crippen molar-refractivity contribution in [3.05, 3.63) is 29.8 Å². The second-order valence-electron chi connectivity index (χ2n) is 2.92. The van der Waals surface area contributed by atoms with Crippen LogP contribution in [0.2, 0.25) is 0 Å². The maximum Gasteiger partial charge on any atom is 0.119 e. The normalized spacial score (nSPS) is 10.1. The Bertz CT molecular complexity index is 248. The van der Waals surface area contributed by atoms with Crippen molar-refractivity contribution in [2.24, 2.45) is 5.73 Å². The molecular weight excluding hydrogens is 194 g/mol. The molecule has 2 N–H and O–H groups in total. The minimum absolute atomic E-state index is 0.723. The van der Waals surface area contributed by atoms with E-state index in [1.165, 1.54) is 5.56 Å². The van der Waals surface area contributed by atoms with Gasteiger partial charge in [0.05, 0.1) is 6.61 Å². The Kier molecular flexibility index (Phi) is 5.49. The van der Waals surface area contributed by atoms with Gasteiger partial charge < -0.3 is 10.5 Å².